The summed E-state index contributed by atoms with van der Waals surface area (Å²) in [6.07, 6.45) is 0. The molecule has 13 heavy (non-hydrogen) atoms. The number of carbonyl (C=O) groups excluding carboxylic acids is 1. The Kier molecular flexibility index (Phi) is 1.37. The van der Waals surface area contributed by atoms with Crippen molar-refractivity contribution in [1.82, 2.24) is 0 Å². The molecule has 1 spiro atoms. The lowest BCUT2D eigenvalue weighted by molar-refractivity contribution is -0.423. The van der Waals surface area contributed by atoms with E-state index in [1.54, 1.807) is 0 Å². The largest absolute Gasteiger partial charge is 0.407 e. The molecule has 74 valence electrons. The van der Waals surface area contributed by atoms with Crippen molar-refractivity contribution in [3.63, 3.8) is 0 Å². The number of rotatable bonds is 0. The van der Waals surface area contributed by atoms with Crippen LogP contribution >= 0.6 is 0 Å². The highest BCUT2D eigenvalue weighted by Gasteiger charge is 2.78. The predicted molar refractivity (Wildman–Crippen MR) is 33.3 cm³/mol. The third kappa shape index (κ3) is 0.825. The first-order valence-electron chi connectivity index (χ1n) is 3.55. The van der Waals surface area contributed by atoms with Gasteiger partial charge in [0.15, 0.2) is 11.2 Å². The second-order valence-corrected chi connectivity index (χ2v) is 3.32. The highest BCUT2D eigenvalue weighted by molar-refractivity contribution is 5.80. The van der Waals surface area contributed by atoms with Crippen molar-refractivity contribution in [2.75, 3.05) is 0 Å². The Hall–Kier alpha value is -0.730. The summed E-state index contributed by atoms with van der Waals surface area (Å²) in [5.74, 6) is -3.01. The first-order valence-corrected chi connectivity index (χ1v) is 3.55. The highest BCUT2D eigenvalue weighted by Crippen LogP contribution is 2.50. The van der Waals surface area contributed by atoms with Crippen LogP contribution in [0.2, 0.25) is 0 Å². The number of hydrogen-bond donors (Lipinski definition) is 2. The summed E-state index contributed by atoms with van der Waals surface area (Å²) < 4.78 is 0. The highest BCUT2D eigenvalue weighted by atomic mass is 17.5. The van der Waals surface area contributed by atoms with Crippen LogP contribution in [0, 0.1) is 0 Å². The van der Waals surface area contributed by atoms with Gasteiger partial charge in [-0.3, -0.25) is 4.89 Å². The van der Waals surface area contributed by atoms with Crippen LogP contribution in [0.15, 0.2) is 0 Å². The second-order valence-electron chi connectivity index (χ2n) is 3.32. The van der Waals surface area contributed by atoms with Crippen LogP contribution in [0.5, 0.6) is 0 Å². The minimum atomic E-state index is -2.15. The minimum absolute atomic E-state index is 1.07. The van der Waals surface area contributed by atoms with E-state index in [4.69, 9.17) is 0 Å². The third-order valence-corrected chi connectivity index (χ3v) is 2.40. The predicted octanol–water partition coefficient (Wildman–Crippen LogP) is -1.41. The topological polar surface area (TPSA) is 101 Å². The van der Waals surface area contributed by atoms with Crippen molar-refractivity contribution >= 4 is 5.97 Å². The fourth-order valence-electron chi connectivity index (χ4n) is 0.980. The summed E-state index contributed by atoms with van der Waals surface area (Å²) in [7, 11) is 0. The van der Waals surface area contributed by atoms with E-state index in [1.807, 2.05) is 0 Å². The summed E-state index contributed by atoms with van der Waals surface area (Å²) in [5, 5.41) is 19.3. The molecule has 0 radical (unpaired) electrons. The zero-order chi connectivity index (χ0) is 9.91. The van der Waals surface area contributed by atoms with Crippen LogP contribution in [0.25, 0.3) is 0 Å². The van der Waals surface area contributed by atoms with E-state index in [2.05, 4.69) is 19.6 Å². The smallest absolute Gasteiger partial charge is 0.378 e. The molecule has 0 aromatic rings. The van der Waals surface area contributed by atoms with Gasteiger partial charge in [-0.05, 0) is 13.8 Å². The average molecular weight is 192 g/mol. The molecule has 0 saturated carbocycles. The molecular weight excluding hydrogens is 184 g/mol. The zero-order valence-electron chi connectivity index (χ0n) is 6.94. The standard InChI is InChI=1S/C6H8O7/c1-4(8)3(7)10-11-6(12-13-6)5(4,2)9/h8-9H,1-2H3. The second kappa shape index (κ2) is 2.02. The van der Waals surface area contributed by atoms with E-state index >= 15 is 0 Å². The molecule has 7 heteroatoms. The van der Waals surface area contributed by atoms with Gasteiger partial charge >= 0.3 is 11.9 Å². The Labute approximate surface area is 72.6 Å². The van der Waals surface area contributed by atoms with E-state index < -0.39 is 23.1 Å². The third-order valence-electron chi connectivity index (χ3n) is 2.40. The Morgan fingerprint density at radius 3 is 2.15 bits per heavy atom. The average Bonchev–Trinajstić information content (AvgIpc) is 2.78. The van der Waals surface area contributed by atoms with E-state index in [1.165, 1.54) is 0 Å². The van der Waals surface area contributed by atoms with Crippen LogP contribution in [0.1, 0.15) is 13.8 Å². The number of carbonyl (C=O) groups is 1. The summed E-state index contributed by atoms with van der Waals surface area (Å²) in [6, 6.07) is 0. The van der Waals surface area contributed by atoms with Gasteiger partial charge in [-0.1, -0.05) is 0 Å². The van der Waals surface area contributed by atoms with Crippen molar-refractivity contribution in [2.45, 2.75) is 31.0 Å². The molecule has 0 amide bonds. The molecule has 2 aliphatic rings. The molecule has 0 aromatic carbocycles. The Morgan fingerprint density at radius 1 is 1.15 bits per heavy atom. The molecule has 0 aliphatic carbocycles. The SMILES string of the molecule is CC1(O)C(=O)OOC2(OO2)C1(C)O. The van der Waals surface area contributed by atoms with Gasteiger partial charge < -0.3 is 10.2 Å². The maximum Gasteiger partial charge on any atom is 0.407 e. The van der Waals surface area contributed by atoms with Gasteiger partial charge in [0.2, 0.25) is 0 Å². The van der Waals surface area contributed by atoms with Crippen molar-refractivity contribution in [2.24, 2.45) is 0 Å². The van der Waals surface area contributed by atoms with Gasteiger partial charge in [0.05, 0.1) is 0 Å². The lowest BCUT2D eigenvalue weighted by Gasteiger charge is -2.39. The maximum absolute atomic E-state index is 11.0. The maximum atomic E-state index is 11.0. The van der Waals surface area contributed by atoms with Crippen LogP contribution < -0.4 is 0 Å². The van der Waals surface area contributed by atoms with Gasteiger partial charge in [-0.2, -0.15) is 9.78 Å². The Balaban J connectivity index is 2.40. The van der Waals surface area contributed by atoms with E-state index in [9.17, 15) is 15.0 Å². The van der Waals surface area contributed by atoms with Crippen LogP contribution in [-0.4, -0.2) is 33.4 Å². The molecule has 2 fully saturated rings. The first kappa shape index (κ1) is 8.85. The first-order chi connectivity index (χ1) is 5.83. The van der Waals surface area contributed by atoms with Crippen LogP contribution in [0.4, 0.5) is 0 Å². The zero-order valence-corrected chi connectivity index (χ0v) is 6.94. The minimum Gasteiger partial charge on any atom is -0.378 e. The van der Waals surface area contributed by atoms with Crippen molar-refractivity contribution in [1.29, 1.82) is 0 Å². The fourth-order valence-corrected chi connectivity index (χ4v) is 0.980. The Morgan fingerprint density at radius 2 is 1.69 bits per heavy atom. The van der Waals surface area contributed by atoms with Gasteiger partial charge in [0.1, 0.15) is 0 Å². The van der Waals surface area contributed by atoms with Gasteiger partial charge in [0, 0.05) is 0 Å². The van der Waals surface area contributed by atoms with Crippen molar-refractivity contribution in [3.05, 3.63) is 0 Å². The fraction of sp³-hybridized carbons (Fsp3) is 0.833. The lowest BCUT2D eigenvalue weighted by atomic mass is 9.83. The molecule has 0 bridgehead atoms. The molecule has 0 aromatic heterocycles. The molecule has 7 nitrogen and oxygen atoms in total. The van der Waals surface area contributed by atoms with Crippen molar-refractivity contribution in [3.8, 4) is 0 Å². The summed E-state index contributed by atoms with van der Waals surface area (Å²) >= 11 is 0. The Bertz CT molecular complexity index is 264. The lowest BCUT2D eigenvalue weighted by Crippen LogP contribution is -2.68. The molecule has 2 saturated heterocycles. The van der Waals surface area contributed by atoms with Crippen molar-refractivity contribution < 1.29 is 34.6 Å². The molecule has 2 aliphatic heterocycles. The van der Waals surface area contributed by atoms with Gasteiger partial charge in [0.25, 0.3) is 0 Å². The molecule has 2 rings (SSSR count). The van der Waals surface area contributed by atoms with Crippen LogP contribution in [0.3, 0.4) is 0 Å². The number of hydrogen-bond acceptors (Lipinski definition) is 7. The van der Waals surface area contributed by atoms with E-state index in [0.717, 1.165) is 13.8 Å². The normalized spacial score (nSPS) is 47.5. The molecule has 2 atom stereocenters. The van der Waals surface area contributed by atoms with E-state index in [0.29, 0.717) is 0 Å². The van der Waals surface area contributed by atoms with E-state index in [-0.39, 0.29) is 0 Å². The summed E-state index contributed by atoms with van der Waals surface area (Å²) in [4.78, 5) is 28.1. The molecule has 2 unspecified atom stereocenters. The molecule has 2 N–H and O–H groups in total. The van der Waals surface area contributed by atoms with Gasteiger partial charge in [-0.25, -0.2) is 4.79 Å². The quantitative estimate of drug-likeness (QED) is 0.359. The number of aliphatic hydroxyl groups is 2. The summed E-state index contributed by atoms with van der Waals surface area (Å²) in [5.41, 5.74) is -4.18. The van der Waals surface area contributed by atoms with Crippen LogP contribution in [-0.2, 0) is 24.3 Å². The van der Waals surface area contributed by atoms with Gasteiger partial charge in [-0.15, -0.1) is 4.89 Å². The summed E-state index contributed by atoms with van der Waals surface area (Å²) in [6.45, 7) is 2.21. The molecule has 2 heterocycles. The monoisotopic (exact) mass is 192 g/mol. The molecular formula is C6H8O7.